The number of benzene rings is 1. The van der Waals surface area contributed by atoms with Crippen LogP contribution in [0.2, 0.25) is 0 Å². The highest BCUT2D eigenvalue weighted by Crippen LogP contribution is 1.92. The van der Waals surface area contributed by atoms with Crippen LogP contribution < -0.4 is 0 Å². The van der Waals surface area contributed by atoms with Crippen molar-refractivity contribution in [3.8, 4) is 0 Å². The van der Waals surface area contributed by atoms with Crippen LogP contribution in [0.15, 0.2) is 30.3 Å². The van der Waals surface area contributed by atoms with Crippen molar-refractivity contribution in [3.05, 3.63) is 56.1 Å². The predicted molar refractivity (Wildman–Crippen MR) is 48.7 cm³/mol. The van der Waals surface area contributed by atoms with Crippen LogP contribution in [0, 0.1) is 27.2 Å². The van der Waals surface area contributed by atoms with Gasteiger partial charge in [0.25, 0.3) is 10.2 Å². The first-order valence-corrected chi connectivity index (χ1v) is 3.54. The fourth-order valence-corrected chi connectivity index (χ4v) is 0.534. The monoisotopic (exact) mass is 218 g/mol. The molecular formula is C7H10N2O6. The average molecular weight is 218 g/mol. The molecule has 15 heavy (non-hydrogen) atoms. The summed E-state index contributed by atoms with van der Waals surface area (Å²) in [6.07, 6.45) is 0. The maximum absolute atomic E-state index is 8.36. The summed E-state index contributed by atoms with van der Waals surface area (Å²) in [5, 5.41) is 27.3. The van der Waals surface area contributed by atoms with Crippen molar-refractivity contribution in [1.29, 1.82) is 0 Å². The Balaban J connectivity index is 0. The molecule has 0 aliphatic heterocycles. The quantitative estimate of drug-likeness (QED) is 0.499. The molecule has 0 amide bonds. The van der Waals surface area contributed by atoms with Crippen molar-refractivity contribution in [3.63, 3.8) is 0 Å². The van der Waals surface area contributed by atoms with Gasteiger partial charge in [0.2, 0.25) is 0 Å². The molecule has 0 heterocycles. The standard InChI is InChI=1S/C7H8.2HNO3/c1-7-5-3-2-4-6-7;2*2-1(3)4/h2-6H,1H3;2*(H,2,3,4). The molecule has 8 nitrogen and oxygen atoms in total. The van der Waals surface area contributed by atoms with Crippen LogP contribution in [-0.2, 0) is 0 Å². The second kappa shape index (κ2) is 9.71. The van der Waals surface area contributed by atoms with E-state index >= 15 is 0 Å². The molecule has 0 aromatic heterocycles. The van der Waals surface area contributed by atoms with E-state index in [0.29, 0.717) is 0 Å². The summed E-state index contributed by atoms with van der Waals surface area (Å²) in [5.41, 5.74) is 1.32. The summed E-state index contributed by atoms with van der Waals surface area (Å²) in [6, 6.07) is 10.3. The second-order valence-corrected chi connectivity index (χ2v) is 2.13. The van der Waals surface area contributed by atoms with Crippen molar-refractivity contribution in [2.24, 2.45) is 0 Å². The number of aryl methyl sites for hydroxylation is 1. The number of rotatable bonds is 0. The average Bonchev–Trinajstić information content (AvgIpc) is 2.03. The highest BCUT2D eigenvalue weighted by molar-refractivity contribution is 5.11. The van der Waals surface area contributed by atoms with Gasteiger partial charge in [-0.05, 0) is 6.92 Å². The molecular weight excluding hydrogens is 208 g/mol. The van der Waals surface area contributed by atoms with Crippen LogP contribution in [0.5, 0.6) is 0 Å². The molecule has 0 aliphatic carbocycles. The first kappa shape index (κ1) is 15.1. The Labute approximate surface area is 84.6 Å². The van der Waals surface area contributed by atoms with Crippen molar-refractivity contribution >= 4 is 0 Å². The Morgan fingerprint density at radius 3 is 1.40 bits per heavy atom. The van der Waals surface area contributed by atoms with Crippen molar-refractivity contribution in [1.82, 2.24) is 0 Å². The fraction of sp³-hybridized carbons (Fsp3) is 0.143. The molecule has 0 radical (unpaired) electrons. The van der Waals surface area contributed by atoms with Gasteiger partial charge in [-0.25, -0.2) is 0 Å². The summed E-state index contributed by atoms with van der Waals surface area (Å²) >= 11 is 0. The van der Waals surface area contributed by atoms with Gasteiger partial charge in [-0.15, -0.1) is 20.2 Å². The van der Waals surface area contributed by atoms with E-state index in [9.17, 15) is 0 Å². The first-order chi connectivity index (χ1) is 6.86. The lowest BCUT2D eigenvalue weighted by Crippen LogP contribution is -1.81. The molecule has 0 saturated heterocycles. The van der Waals surface area contributed by atoms with Gasteiger partial charge < -0.3 is 10.4 Å². The second-order valence-electron chi connectivity index (χ2n) is 2.13. The van der Waals surface area contributed by atoms with Gasteiger partial charge in [0, 0.05) is 0 Å². The normalized spacial score (nSPS) is 7.27. The Morgan fingerprint density at radius 1 is 1.00 bits per heavy atom. The molecule has 0 unspecified atom stereocenters. The van der Waals surface area contributed by atoms with Gasteiger partial charge in [-0.2, -0.15) is 0 Å². The van der Waals surface area contributed by atoms with Crippen LogP contribution in [0.3, 0.4) is 0 Å². The van der Waals surface area contributed by atoms with Gasteiger partial charge in [0.1, 0.15) is 0 Å². The molecule has 0 fully saturated rings. The molecule has 0 aliphatic rings. The zero-order chi connectivity index (χ0) is 12.3. The van der Waals surface area contributed by atoms with E-state index in [1.807, 2.05) is 18.2 Å². The topological polar surface area (TPSA) is 127 Å². The molecule has 1 aromatic carbocycles. The lowest BCUT2D eigenvalue weighted by Gasteiger charge is -1.82. The molecule has 2 N–H and O–H groups in total. The maximum Gasteiger partial charge on any atom is 0.291 e. The summed E-state index contributed by atoms with van der Waals surface area (Å²) in [5.74, 6) is 0. The number of nitrogens with zero attached hydrogens (tertiary/aromatic N) is 2. The van der Waals surface area contributed by atoms with Crippen LogP contribution in [0.25, 0.3) is 0 Å². The Kier molecular flexibility index (Phi) is 9.78. The van der Waals surface area contributed by atoms with Gasteiger partial charge in [-0.3, -0.25) is 0 Å². The summed E-state index contributed by atoms with van der Waals surface area (Å²) in [4.78, 5) is 16.7. The third-order valence-electron chi connectivity index (χ3n) is 0.940. The zero-order valence-electron chi connectivity index (χ0n) is 7.81. The third-order valence-corrected chi connectivity index (χ3v) is 0.940. The molecule has 84 valence electrons. The Morgan fingerprint density at radius 2 is 1.27 bits per heavy atom. The molecule has 1 aromatic rings. The van der Waals surface area contributed by atoms with E-state index in [1.165, 1.54) is 5.56 Å². The molecule has 0 saturated carbocycles. The van der Waals surface area contributed by atoms with E-state index < -0.39 is 10.2 Å². The molecule has 0 atom stereocenters. The molecule has 1 rings (SSSR count). The van der Waals surface area contributed by atoms with Crippen molar-refractivity contribution < 1.29 is 20.6 Å². The highest BCUT2D eigenvalue weighted by Gasteiger charge is 1.72. The van der Waals surface area contributed by atoms with Gasteiger partial charge in [0.15, 0.2) is 0 Å². The van der Waals surface area contributed by atoms with Crippen molar-refractivity contribution in [2.45, 2.75) is 6.92 Å². The van der Waals surface area contributed by atoms with E-state index in [0.717, 1.165) is 0 Å². The third kappa shape index (κ3) is 34.0. The van der Waals surface area contributed by atoms with Crippen LogP contribution >= 0.6 is 0 Å². The van der Waals surface area contributed by atoms with Crippen molar-refractivity contribution in [2.75, 3.05) is 0 Å². The predicted octanol–water partition coefficient (Wildman–Crippen LogP) is 1.30. The minimum atomic E-state index is -1.50. The smallest absolute Gasteiger partial charge is 0.291 e. The van der Waals surface area contributed by atoms with Crippen LogP contribution in [-0.4, -0.2) is 20.6 Å². The van der Waals surface area contributed by atoms with Gasteiger partial charge in [-0.1, -0.05) is 35.9 Å². The van der Waals surface area contributed by atoms with E-state index in [-0.39, 0.29) is 0 Å². The zero-order valence-corrected chi connectivity index (χ0v) is 7.81. The van der Waals surface area contributed by atoms with Gasteiger partial charge in [0.05, 0.1) is 0 Å². The number of hydrogen-bond acceptors (Lipinski definition) is 4. The van der Waals surface area contributed by atoms with E-state index in [2.05, 4.69) is 19.1 Å². The minimum Gasteiger partial charge on any atom is -0.328 e. The first-order valence-electron chi connectivity index (χ1n) is 3.54. The van der Waals surface area contributed by atoms with Crippen LogP contribution in [0.4, 0.5) is 0 Å². The lowest BCUT2D eigenvalue weighted by atomic mass is 10.2. The van der Waals surface area contributed by atoms with Gasteiger partial charge >= 0.3 is 0 Å². The largest absolute Gasteiger partial charge is 0.328 e. The summed E-state index contributed by atoms with van der Waals surface area (Å²) in [7, 11) is 0. The van der Waals surface area contributed by atoms with E-state index in [4.69, 9.17) is 30.6 Å². The maximum atomic E-state index is 8.36. The SMILES string of the molecule is Cc1ccccc1.O=[N+]([O-])O.O=[N+]([O-])O. The fourth-order valence-electron chi connectivity index (χ4n) is 0.534. The molecule has 0 spiro atoms. The summed E-state index contributed by atoms with van der Waals surface area (Å²) in [6.45, 7) is 2.08. The molecule has 0 bridgehead atoms. The lowest BCUT2D eigenvalue weighted by molar-refractivity contribution is -0.742. The number of hydrogen-bond donors (Lipinski definition) is 2. The van der Waals surface area contributed by atoms with Crippen LogP contribution in [0.1, 0.15) is 5.56 Å². The van der Waals surface area contributed by atoms with E-state index in [1.54, 1.807) is 0 Å². The highest BCUT2D eigenvalue weighted by atomic mass is 16.9. The molecule has 8 heteroatoms. The Hall–Kier alpha value is -2.38. The Bertz CT molecular complexity index is 269. The minimum absolute atomic E-state index is 1.32. The summed E-state index contributed by atoms with van der Waals surface area (Å²) < 4.78 is 0.